The van der Waals surface area contributed by atoms with E-state index in [1.165, 1.54) is 11.3 Å². The number of aromatic nitrogens is 1. The minimum atomic E-state index is -0.290. The highest BCUT2D eigenvalue weighted by atomic mass is 32.1. The monoisotopic (exact) mass is 282 g/mol. The first-order valence-corrected chi connectivity index (χ1v) is 7.48. The smallest absolute Gasteiger partial charge is 0.311 e. The number of amides is 1. The van der Waals surface area contributed by atoms with Gasteiger partial charge < -0.3 is 10.1 Å². The molecule has 2 rings (SSSR count). The van der Waals surface area contributed by atoms with E-state index in [1.54, 1.807) is 12.3 Å². The number of carbonyl (C=O) groups excluding carboxylic acids is 2. The van der Waals surface area contributed by atoms with Crippen molar-refractivity contribution in [1.82, 2.24) is 4.98 Å². The third-order valence-electron chi connectivity index (χ3n) is 3.14. The first-order valence-electron chi connectivity index (χ1n) is 6.60. The molecule has 5 nitrogen and oxygen atoms in total. The van der Waals surface area contributed by atoms with Crippen molar-refractivity contribution in [2.24, 2.45) is 5.92 Å². The Morgan fingerprint density at radius 3 is 2.89 bits per heavy atom. The van der Waals surface area contributed by atoms with Crippen LogP contribution in [0.5, 0.6) is 0 Å². The summed E-state index contributed by atoms with van der Waals surface area (Å²) >= 11 is 1.35. The van der Waals surface area contributed by atoms with Gasteiger partial charge in [-0.1, -0.05) is 12.8 Å². The zero-order valence-corrected chi connectivity index (χ0v) is 11.8. The molecule has 0 spiro atoms. The summed E-state index contributed by atoms with van der Waals surface area (Å²) in [6.45, 7) is 2.14. The second-order valence-electron chi connectivity index (χ2n) is 4.60. The van der Waals surface area contributed by atoms with Gasteiger partial charge in [0.05, 0.1) is 18.7 Å². The molecular formula is C13H18N2O3S. The van der Waals surface area contributed by atoms with Crippen LogP contribution in [0, 0.1) is 5.92 Å². The van der Waals surface area contributed by atoms with Crippen molar-refractivity contribution >= 4 is 28.3 Å². The topological polar surface area (TPSA) is 68.3 Å². The molecule has 1 fully saturated rings. The number of thiazole rings is 1. The highest BCUT2D eigenvalue weighted by Gasteiger charge is 2.23. The lowest BCUT2D eigenvalue weighted by molar-refractivity contribution is -0.142. The molecule has 0 bridgehead atoms. The van der Waals surface area contributed by atoms with Crippen LogP contribution in [0.3, 0.4) is 0 Å². The van der Waals surface area contributed by atoms with Gasteiger partial charge in [0.2, 0.25) is 5.91 Å². The van der Waals surface area contributed by atoms with Crippen LogP contribution in [-0.2, 0) is 20.7 Å². The number of ether oxygens (including phenoxy) is 1. The molecule has 1 N–H and O–H groups in total. The highest BCUT2D eigenvalue weighted by molar-refractivity contribution is 7.13. The summed E-state index contributed by atoms with van der Waals surface area (Å²) in [5.74, 6) is -0.117. The molecule has 1 aliphatic rings. The Balaban J connectivity index is 1.86. The van der Waals surface area contributed by atoms with Crippen molar-refractivity contribution in [2.45, 2.75) is 39.0 Å². The quantitative estimate of drug-likeness (QED) is 0.842. The van der Waals surface area contributed by atoms with E-state index in [0.29, 0.717) is 17.4 Å². The fourth-order valence-electron chi connectivity index (χ4n) is 2.20. The first kappa shape index (κ1) is 14.0. The van der Waals surface area contributed by atoms with Gasteiger partial charge in [0.1, 0.15) is 0 Å². The summed E-state index contributed by atoms with van der Waals surface area (Å²) in [5, 5.41) is 5.17. The lowest BCUT2D eigenvalue weighted by Gasteiger charge is -2.07. The third-order valence-corrected chi connectivity index (χ3v) is 3.95. The molecular weight excluding hydrogens is 264 g/mol. The summed E-state index contributed by atoms with van der Waals surface area (Å²) < 4.78 is 4.86. The molecule has 0 unspecified atom stereocenters. The Morgan fingerprint density at radius 2 is 2.21 bits per heavy atom. The van der Waals surface area contributed by atoms with Gasteiger partial charge in [0, 0.05) is 11.3 Å². The van der Waals surface area contributed by atoms with E-state index >= 15 is 0 Å². The summed E-state index contributed by atoms with van der Waals surface area (Å²) in [6.07, 6.45) is 4.34. The number of hydrogen-bond acceptors (Lipinski definition) is 5. The predicted molar refractivity (Wildman–Crippen MR) is 73.0 cm³/mol. The molecule has 1 aliphatic carbocycles. The van der Waals surface area contributed by atoms with Gasteiger partial charge in [-0.15, -0.1) is 11.3 Å². The van der Waals surface area contributed by atoms with Crippen LogP contribution in [0.25, 0.3) is 0 Å². The number of carbonyl (C=O) groups is 2. The lowest BCUT2D eigenvalue weighted by Crippen LogP contribution is -2.20. The van der Waals surface area contributed by atoms with Gasteiger partial charge in [-0.25, -0.2) is 4.98 Å². The summed E-state index contributed by atoms with van der Waals surface area (Å²) in [6, 6.07) is 0. The van der Waals surface area contributed by atoms with Crippen LogP contribution in [0.4, 0.5) is 5.13 Å². The second-order valence-corrected chi connectivity index (χ2v) is 5.45. The number of rotatable bonds is 5. The zero-order chi connectivity index (χ0) is 13.7. The van der Waals surface area contributed by atoms with Crippen molar-refractivity contribution < 1.29 is 14.3 Å². The van der Waals surface area contributed by atoms with Gasteiger partial charge in [0.25, 0.3) is 0 Å². The Kier molecular flexibility index (Phi) is 4.90. The molecule has 0 atom stereocenters. The average Bonchev–Trinajstić information content (AvgIpc) is 3.00. The highest BCUT2D eigenvalue weighted by Crippen LogP contribution is 2.26. The maximum Gasteiger partial charge on any atom is 0.311 e. The zero-order valence-electron chi connectivity index (χ0n) is 11.0. The van der Waals surface area contributed by atoms with Gasteiger partial charge >= 0.3 is 5.97 Å². The molecule has 1 saturated carbocycles. The van der Waals surface area contributed by atoms with E-state index in [2.05, 4.69) is 10.3 Å². The van der Waals surface area contributed by atoms with E-state index in [1.807, 2.05) is 0 Å². The summed E-state index contributed by atoms with van der Waals surface area (Å²) in [4.78, 5) is 27.5. The Bertz CT molecular complexity index is 452. The second kappa shape index (κ2) is 6.65. The number of hydrogen-bond donors (Lipinski definition) is 1. The Morgan fingerprint density at radius 1 is 1.47 bits per heavy atom. The third kappa shape index (κ3) is 4.02. The fourth-order valence-corrected chi connectivity index (χ4v) is 2.91. The Labute approximate surface area is 116 Å². The van der Waals surface area contributed by atoms with Gasteiger partial charge in [-0.2, -0.15) is 0 Å². The number of nitrogens with one attached hydrogen (secondary N) is 1. The minimum absolute atomic E-state index is 0.0505. The van der Waals surface area contributed by atoms with Gasteiger partial charge in [0.15, 0.2) is 5.13 Å². The molecule has 1 aromatic rings. The van der Waals surface area contributed by atoms with E-state index in [0.717, 1.165) is 25.7 Å². The van der Waals surface area contributed by atoms with Crippen LogP contribution in [0.15, 0.2) is 5.38 Å². The van der Waals surface area contributed by atoms with Crippen LogP contribution in [0.1, 0.15) is 38.3 Å². The van der Waals surface area contributed by atoms with E-state index in [9.17, 15) is 9.59 Å². The summed E-state index contributed by atoms with van der Waals surface area (Å²) in [5.41, 5.74) is 0.644. The maximum atomic E-state index is 11.9. The molecule has 6 heteroatoms. The Hall–Kier alpha value is -1.43. The normalized spacial score (nSPS) is 15.4. The molecule has 0 aliphatic heterocycles. The van der Waals surface area contributed by atoms with Gasteiger partial charge in [-0.05, 0) is 19.8 Å². The van der Waals surface area contributed by atoms with Crippen molar-refractivity contribution in [3.05, 3.63) is 11.1 Å². The molecule has 1 heterocycles. The van der Waals surface area contributed by atoms with Crippen LogP contribution in [0.2, 0.25) is 0 Å². The lowest BCUT2D eigenvalue weighted by atomic mass is 10.1. The molecule has 0 saturated heterocycles. The van der Waals surface area contributed by atoms with Crippen molar-refractivity contribution in [3.63, 3.8) is 0 Å². The van der Waals surface area contributed by atoms with Crippen molar-refractivity contribution in [3.8, 4) is 0 Å². The molecule has 1 amide bonds. The number of anilines is 1. The van der Waals surface area contributed by atoms with Crippen LogP contribution in [-0.4, -0.2) is 23.5 Å². The molecule has 19 heavy (non-hydrogen) atoms. The number of nitrogens with zero attached hydrogens (tertiary/aromatic N) is 1. The van der Waals surface area contributed by atoms with Crippen LogP contribution < -0.4 is 5.32 Å². The fraction of sp³-hybridized carbons (Fsp3) is 0.615. The predicted octanol–water partition coefficient (Wildman–Crippen LogP) is 2.38. The molecule has 1 aromatic heterocycles. The average molecular weight is 282 g/mol. The van der Waals surface area contributed by atoms with E-state index in [-0.39, 0.29) is 24.2 Å². The number of esters is 1. The van der Waals surface area contributed by atoms with Crippen molar-refractivity contribution in [1.29, 1.82) is 0 Å². The summed E-state index contributed by atoms with van der Waals surface area (Å²) in [7, 11) is 0. The molecule has 0 radical (unpaired) electrons. The van der Waals surface area contributed by atoms with Crippen LogP contribution >= 0.6 is 11.3 Å². The minimum Gasteiger partial charge on any atom is -0.466 e. The van der Waals surface area contributed by atoms with E-state index < -0.39 is 0 Å². The first-order chi connectivity index (χ1) is 9.19. The molecule has 104 valence electrons. The standard InChI is InChI=1S/C13H18N2O3S/c1-2-18-11(16)7-10-8-19-13(14-10)15-12(17)9-5-3-4-6-9/h8-9H,2-7H2,1H3,(H,14,15,17). The van der Waals surface area contributed by atoms with Gasteiger partial charge in [-0.3, -0.25) is 9.59 Å². The maximum absolute atomic E-state index is 11.9. The van der Waals surface area contributed by atoms with Crippen molar-refractivity contribution in [2.75, 3.05) is 11.9 Å². The molecule has 0 aromatic carbocycles. The SMILES string of the molecule is CCOC(=O)Cc1csc(NC(=O)C2CCCC2)n1. The largest absolute Gasteiger partial charge is 0.466 e. The van der Waals surface area contributed by atoms with E-state index in [4.69, 9.17) is 4.74 Å².